The fourth-order valence-corrected chi connectivity index (χ4v) is 19.6. The molecule has 4 aliphatic carbocycles. The third-order valence-corrected chi connectivity index (χ3v) is 28.5. The smallest absolute Gasteiger partial charge is 0.146 e. The zero-order valence-corrected chi connectivity index (χ0v) is 96.9. The van der Waals surface area contributed by atoms with Gasteiger partial charge in [-0.2, -0.15) is 0 Å². The summed E-state index contributed by atoms with van der Waals surface area (Å²) >= 11 is 0. The molecule has 12 rings (SSSR count). The van der Waals surface area contributed by atoms with Gasteiger partial charge in [-0.15, -0.1) is 0 Å². The average Bonchev–Trinajstić information content (AvgIpc) is 0.807. The highest BCUT2D eigenvalue weighted by Gasteiger charge is 2.41. The van der Waals surface area contributed by atoms with Gasteiger partial charge in [0.25, 0.3) is 0 Å². The molecule has 1 unspecified atom stereocenters. The van der Waals surface area contributed by atoms with Gasteiger partial charge in [-0.1, -0.05) is 152 Å². The Morgan fingerprint density at radius 3 is 0.733 bits per heavy atom. The number of benzene rings is 8. The highest BCUT2D eigenvalue weighted by Crippen LogP contribution is 2.49. The lowest BCUT2D eigenvalue weighted by atomic mass is 9.60. The predicted molar refractivity (Wildman–Crippen MR) is 611 cm³/mol. The maximum atomic E-state index is 10.5. The van der Waals surface area contributed by atoms with Gasteiger partial charge in [0, 0.05) is 82.3 Å². The topological polar surface area (TPSA) is 216 Å². The summed E-state index contributed by atoms with van der Waals surface area (Å²) in [4.78, 5) is 0. The standard InChI is InChI=1S/C37H44O5.C33H36O5.C19H36O2.C17H32O2.C9H20O3.C9H20O2.C5H12O2/c1-7-39-32-17-9-27(10-18-32)36(3,4)29-13-21-34(22-14-29)41-25-31(38)26-42-35-23-15-30(16-24-35)37(5,6)28-11-19-33(20-12-28)40-8-2;1-3-35-30-13-5-25(6-14-30)21-27-9-17-32(18-10-27)37-23-29(34)24-38-33-19-11-28(12-20-33)22-26-7-15-31(16-8-26)36-4-2;1-5-20-17-11-7-15(8-12-17)19(3,4)16-9-13-18(14-10-16)21-6-2;1-3-18-16-9-5-14(6-10-16)13-15-7-11-17(12-8-15)19-4-2;1-4-10-6-7-12-9(3)8-11-5-2;1-5-10-7-9(3,4)8-11-6-2;1-3-6-5-7-4-2/h9-24,31,38H,7-8,25-26H2,1-6H3;5-20,29,34H,3-4,21-24H2,1-2H3;15-18H,5-14H2,1-4H3;14-17H,3-13H2,1-2H3;9H,4-8H2,1-3H3;5-8H2,1-4H3;3-5H2,1-2H3. The quantitative estimate of drug-likeness (QED) is 0.0268. The van der Waals surface area contributed by atoms with Gasteiger partial charge in [0.1, 0.15) is 91.4 Å². The first-order valence-electron chi connectivity index (χ1n) is 57.2. The van der Waals surface area contributed by atoms with Crippen LogP contribution in [-0.2, 0) is 75.8 Å². The minimum Gasteiger partial charge on any atom is -0.494 e. The summed E-state index contributed by atoms with van der Waals surface area (Å²) in [6.45, 7) is 63.8. The Labute approximate surface area is 907 Å². The number of ether oxygens (including phenoxy) is 19. The van der Waals surface area contributed by atoms with E-state index in [-0.39, 0.29) is 48.8 Å². The fraction of sp³-hybridized carbons (Fsp3) is 0.628. The lowest BCUT2D eigenvalue weighted by molar-refractivity contribution is -0.0445. The first-order chi connectivity index (χ1) is 72.5. The summed E-state index contributed by atoms with van der Waals surface area (Å²) in [5.74, 6) is 10.1. The van der Waals surface area contributed by atoms with Gasteiger partial charge < -0.3 is 100 Å². The molecule has 4 saturated carbocycles. The van der Waals surface area contributed by atoms with Crippen molar-refractivity contribution in [1.29, 1.82) is 0 Å². The minimum absolute atomic E-state index is 0.143. The van der Waals surface area contributed by atoms with Crippen molar-refractivity contribution in [2.75, 3.05) is 159 Å². The maximum absolute atomic E-state index is 10.5. The molecule has 21 nitrogen and oxygen atoms in total. The molecule has 21 heteroatoms. The lowest BCUT2D eigenvalue weighted by Crippen LogP contribution is -2.39. The second kappa shape index (κ2) is 75.5. The highest BCUT2D eigenvalue weighted by atomic mass is 16.7. The van der Waals surface area contributed by atoms with Crippen molar-refractivity contribution in [3.63, 3.8) is 0 Å². The van der Waals surface area contributed by atoms with Crippen molar-refractivity contribution in [2.45, 2.75) is 335 Å². The second-order valence-electron chi connectivity index (χ2n) is 41.8. The van der Waals surface area contributed by atoms with Gasteiger partial charge in [0.15, 0.2) is 0 Å². The molecule has 8 aromatic rings. The summed E-state index contributed by atoms with van der Waals surface area (Å²) in [5, 5.41) is 20.8. The van der Waals surface area contributed by atoms with E-state index in [9.17, 15) is 10.2 Å². The number of aliphatic hydroxyl groups excluding tert-OH is 2. The lowest BCUT2D eigenvalue weighted by Gasteiger charge is -2.46. The van der Waals surface area contributed by atoms with Crippen LogP contribution in [0.1, 0.15) is 313 Å². The van der Waals surface area contributed by atoms with Crippen molar-refractivity contribution in [3.8, 4) is 46.0 Å². The first kappa shape index (κ1) is 130. The molecule has 0 spiro atoms. The molecule has 0 aromatic heterocycles. The molecule has 0 amide bonds. The van der Waals surface area contributed by atoms with Gasteiger partial charge in [-0.3, -0.25) is 0 Å². The maximum Gasteiger partial charge on any atom is 0.146 e. The molecule has 842 valence electrons. The Morgan fingerprint density at radius 1 is 0.253 bits per heavy atom. The molecule has 8 aromatic carbocycles. The third-order valence-electron chi connectivity index (χ3n) is 28.5. The largest absolute Gasteiger partial charge is 0.494 e. The number of rotatable bonds is 58. The van der Waals surface area contributed by atoms with E-state index in [2.05, 4.69) is 156 Å². The van der Waals surface area contributed by atoms with Gasteiger partial charge in [0.05, 0.1) is 90.0 Å². The van der Waals surface area contributed by atoms with E-state index in [4.69, 9.17) is 90.0 Å². The molecular weight excluding hydrogens is 1890 g/mol. The zero-order chi connectivity index (χ0) is 109. The van der Waals surface area contributed by atoms with E-state index in [1.807, 2.05) is 197 Å². The van der Waals surface area contributed by atoms with Crippen LogP contribution in [0.3, 0.4) is 0 Å². The zero-order valence-electron chi connectivity index (χ0n) is 96.9. The van der Waals surface area contributed by atoms with Crippen LogP contribution < -0.4 is 37.9 Å². The van der Waals surface area contributed by atoms with Gasteiger partial charge in [-0.25, -0.2) is 0 Å². The second-order valence-corrected chi connectivity index (χ2v) is 41.8. The van der Waals surface area contributed by atoms with Crippen molar-refractivity contribution in [3.05, 3.63) is 239 Å². The van der Waals surface area contributed by atoms with E-state index in [0.717, 1.165) is 150 Å². The minimum atomic E-state index is -0.759. The Hall–Kier alpha value is -8.36. The van der Waals surface area contributed by atoms with E-state index in [1.165, 1.54) is 154 Å². The van der Waals surface area contributed by atoms with E-state index in [0.29, 0.717) is 94.4 Å². The van der Waals surface area contributed by atoms with Crippen molar-refractivity contribution < 1.29 is 100 Å². The molecule has 0 aliphatic heterocycles. The van der Waals surface area contributed by atoms with E-state index < -0.39 is 12.2 Å². The molecule has 0 bridgehead atoms. The van der Waals surface area contributed by atoms with Crippen molar-refractivity contribution in [2.24, 2.45) is 34.5 Å². The van der Waals surface area contributed by atoms with Crippen LogP contribution in [0.4, 0.5) is 0 Å². The molecule has 0 saturated heterocycles. The first-order valence-corrected chi connectivity index (χ1v) is 57.2. The Balaban J connectivity index is 0.000000288. The summed E-state index contributed by atoms with van der Waals surface area (Å²) < 4.78 is 105. The van der Waals surface area contributed by atoms with Crippen LogP contribution >= 0.6 is 0 Å². The van der Waals surface area contributed by atoms with E-state index in [1.54, 1.807) is 0 Å². The molecule has 4 aliphatic rings. The SMILES string of the molecule is CCOC1CCC(C(C)(C)C2CCC(OCC)CC2)CC1.CCOC1CCC(CC2CCC(OCC)CC2)CC1.CCOCC(C)(C)COCC.CCOCCOC(C)COCC.CCOCOCC.CCOc1ccc(C(C)(C)c2ccc(OCC(O)COc3ccc(C(C)(C)c4ccc(OCC)cc4)cc3)cc2)cc1.CCOc1ccc(Cc2ccc(OCC(O)COc3ccc(Cc4ccc(OCC)cc4)cc3)cc2)cc1. The monoisotopic (exact) mass is 2090 g/mol. The summed E-state index contributed by atoms with van der Waals surface area (Å²) in [5.41, 5.74) is 9.91. The van der Waals surface area contributed by atoms with Gasteiger partial charge in [0.2, 0.25) is 0 Å². The molecule has 2 N–H and O–H groups in total. The third kappa shape index (κ3) is 51.8. The number of hydrogen-bond acceptors (Lipinski definition) is 21. The molecule has 0 radical (unpaired) electrons. The molecule has 150 heavy (non-hydrogen) atoms. The fourth-order valence-electron chi connectivity index (χ4n) is 19.6. The van der Waals surface area contributed by atoms with Crippen LogP contribution in [0.25, 0.3) is 0 Å². The Bertz CT molecular complexity index is 4300. The van der Waals surface area contributed by atoms with Crippen LogP contribution in [0.15, 0.2) is 194 Å². The van der Waals surface area contributed by atoms with Crippen molar-refractivity contribution in [1.82, 2.24) is 0 Å². The molecule has 1 atom stereocenters. The Kier molecular flexibility index (Phi) is 65.5. The summed E-state index contributed by atoms with van der Waals surface area (Å²) in [6, 6.07) is 64.8. The van der Waals surface area contributed by atoms with Gasteiger partial charge >= 0.3 is 0 Å². The summed E-state index contributed by atoms with van der Waals surface area (Å²) in [6.07, 6.45) is 25.4. The summed E-state index contributed by atoms with van der Waals surface area (Å²) in [7, 11) is 0. The molecular formula is C129H200O21. The number of aliphatic hydroxyl groups is 2. The van der Waals surface area contributed by atoms with Crippen LogP contribution in [0.5, 0.6) is 46.0 Å². The normalized spacial score (nSPS) is 17.9. The van der Waals surface area contributed by atoms with Gasteiger partial charge in [-0.05, 0) is 397 Å². The predicted octanol–water partition coefficient (Wildman–Crippen LogP) is 28.8. The average molecular weight is 2090 g/mol. The highest BCUT2D eigenvalue weighted by molar-refractivity contribution is 5.44. The molecule has 4 fully saturated rings. The van der Waals surface area contributed by atoms with Crippen LogP contribution in [0.2, 0.25) is 0 Å². The van der Waals surface area contributed by atoms with Crippen LogP contribution in [0, 0.1) is 34.5 Å². The van der Waals surface area contributed by atoms with Crippen LogP contribution in [-0.4, -0.2) is 212 Å². The molecule has 0 heterocycles. The van der Waals surface area contributed by atoms with Crippen molar-refractivity contribution >= 4 is 0 Å². The number of hydrogen-bond donors (Lipinski definition) is 2. The Morgan fingerprint density at radius 2 is 0.493 bits per heavy atom. The van der Waals surface area contributed by atoms with E-state index >= 15 is 0 Å².